The van der Waals surface area contributed by atoms with E-state index in [0.29, 0.717) is 11.5 Å². The molecule has 0 saturated heterocycles. The molecule has 0 aromatic heterocycles. The lowest BCUT2D eigenvalue weighted by Crippen LogP contribution is -2.03. The molecule has 0 heterocycles. The Morgan fingerprint density at radius 1 is 0.889 bits per heavy atom. The average Bonchev–Trinajstić information content (AvgIpc) is 2.68. The fourth-order valence-electron chi connectivity index (χ4n) is 2.52. The average molecular weight is 354 g/mol. The predicted molar refractivity (Wildman–Crippen MR) is 119 cm³/mol. The van der Waals surface area contributed by atoms with Crippen LogP contribution in [0.5, 0.6) is 0 Å². The molecule has 2 rings (SSSR count). The first kappa shape index (κ1) is 20.1. The summed E-state index contributed by atoms with van der Waals surface area (Å²) in [5.74, 6) is 0.649. The van der Waals surface area contributed by atoms with Gasteiger partial charge in [-0.25, -0.2) is 9.98 Å². The monoisotopic (exact) mass is 354 g/mol. The summed E-state index contributed by atoms with van der Waals surface area (Å²) in [7, 11) is 0. The highest BCUT2D eigenvalue weighted by molar-refractivity contribution is 6.07. The molecular weight excluding hydrogens is 328 g/mol. The zero-order valence-corrected chi connectivity index (χ0v) is 16.2. The van der Waals surface area contributed by atoms with Crippen molar-refractivity contribution in [1.82, 2.24) is 0 Å². The minimum Gasteiger partial charge on any atom is -0.238 e. The van der Waals surface area contributed by atoms with Gasteiger partial charge in [-0.05, 0) is 30.5 Å². The number of benzene rings is 2. The Morgan fingerprint density at radius 3 is 2.11 bits per heavy atom. The smallest absolute Gasteiger partial charge is 0.159 e. The van der Waals surface area contributed by atoms with Crippen LogP contribution in [0.15, 0.2) is 114 Å². The molecule has 2 nitrogen and oxygen atoms in total. The molecule has 0 atom stereocenters. The number of rotatable bonds is 7. The number of aliphatic imine (C=N–C) groups is 2. The van der Waals surface area contributed by atoms with Crippen LogP contribution in [0.4, 0.5) is 0 Å². The van der Waals surface area contributed by atoms with Crippen LogP contribution in [-0.2, 0) is 0 Å². The van der Waals surface area contributed by atoms with Gasteiger partial charge in [-0.15, -0.1) is 6.58 Å². The van der Waals surface area contributed by atoms with Gasteiger partial charge in [-0.1, -0.05) is 86.0 Å². The molecule has 2 heteroatoms. The zero-order valence-electron chi connectivity index (χ0n) is 16.2. The second kappa shape index (κ2) is 10.0. The number of nitrogens with zero attached hydrogens (tertiary/aromatic N) is 2. The summed E-state index contributed by atoms with van der Waals surface area (Å²) < 4.78 is 0. The van der Waals surface area contributed by atoms with Crippen molar-refractivity contribution >= 4 is 11.5 Å². The van der Waals surface area contributed by atoms with Crippen LogP contribution in [0.25, 0.3) is 11.1 Å². The Kier molecular flexibility index (Phi) is 7.45. The molecule has 0 fully saturated rings. The lowest BCUT2D eigenvalue weighted by Gasteiger charge is -2.08. The zero-order chi connectivity index (χ0) is 19.6. The van der Waals surface area contributed by atoms with Gasteiger partial charge in [0, 0.05) is 17.7 Å². The highest BCUT2D eigenvalue weighted by atomic mass is 14.9. The van der Waals surface area contributed by atoms with Crippen molar-refractivity contribution in [3.05, 3.63) is 109 Å². The third kappa shape index (κ3) is 5.89. The normalized spacial score (nSPS) is 12.6. The first-order valence-electron chi connectivity index (χ1n) is 8.93. The van der Waals surface area contributed by atoms with Gasteiger partial charge in [0.15, 0.2) is 5.84 Å². The van der Waals surface area contributed by atoms with Gasteiger partial charge < -0.3 is 0 Å². The molecule has 0 saturated carbocycles. The van der Waals surface area contributed by atoms with Gasteiger partial charge in [0.05, 0.1) is 5.70 Å². The summed E-state index contributed by atoms with van der Waals surface area (Å²) in [5.41, 5.74) is 5.88. The molecule has 27 heavy (non-hydrogen) atoms. The third-order valence-corrected chi connectivity index (χ3v) is 4.05. The first-order chi connectivity index (χ1) is 13.0. The van der Waals surface area contributed by atoms with E-state index >= 15 is 0 Å². The van der Waals surface area contributed by atoms with E-state index in [4.69, 9.17) is 4.99 Å². The maximum absolute atomic E-state index is 4.70. The Bertz CT molecular complexity index is 895. The molecule has 0 amide bonds. The Hall–Kier alpha value is -3.26. The van der Waals surface area contributed by atoms with Gasteiger partial charge in [0.25, 0.3) is 0 Å². The highest BCUT2D eigenvalue weighted by Crippen LogP contribution is 2.20. The van der Waals surface area contributed by atoms with Gasteiger partial charge >= 0.3 is 0 Å². The summed E-state index contributed by atoms with van der Waals surface area (Å²) in [6.07, 6.45) is 6.18. The maximum atomic E-state index is 4.70. The largest absolute Gasteiger partial charge is 0.238 e. The van der Waals surface area contributed by atoms with Crippen molar-refractivity contribution in [2.75, 3.05) is 0 Å². The maximum Gasteiger partial charge on any atom is 0.159 e. The molecule has 2 aromatic rings. The van der Waals surface area contributed by atoms with E-state index in [1.807, 2.05) is 56.3 Å². The number of hydrogen-bond acceptors (Lipinski definition) is 1. The van der Waals surface area contributed by atoms with E-state index < -0.39 is 0 Å². The van der Waals surface area contributed by atoms with Crippen LogP contribution < -0.4 is 0 Å². The highest BCUT2D eigenvalue weighted by Gasteiger charge is 2.06. The molecule has 0 radical (unpaired) electrons. The number of amidine groups is 1. The van der Waals surface area contributed by atoms with E-state index in [1.165, 1.54) is 5.56 Å². The van der Waals surface area contributed by atoms with Crippen molar-refractivity contribution < 1.29 is 0 Å². The lowest BCUT2D eigenvalue weighted by molar-refractivity contribution is 1.28. The fourth-order valence-corrected chi connectivity index (χ4v) is 2.52. The second-order valence-electron chi connectivity index (χ2n) is 6.25. The standard InChI is InChI=1S/C25H26N2/c1-6-11-19(3)21(5)27-25(26-20(4)12-7-2)24-17-15-23(16-18-24)22-13-9-8-10-14-22/h6-11,13-18H,1-2,5,12H2,3-4H3/b19-11+,26-20?,27-25?. The molecule has 0 aliphatic carbocycles. The minimum atomic E-state index is 0.649. The number of allylic oxidation sites excluding steroid dienone is 4. The minimum absolute atomic E-state index is 0.649. The van der Waals surface area contributed by atoms with Gasteiger partial charge in [0.2, 0.25) is 0 Å². The first-order valence-corrected chi connectivity index (χ1v) is 8.93. The van der Waals surface area contributed by atoms with Crippen LogP contribution in [0.2, 0.25) is 0 Å². The molecule has 0 aliphatic heterocycles. The fraction of sp³-hybridized carbons (Fsp3) is 0.120. The van der Waals surface area contributed by atoms with Crippen molar-refractivity contribution in [3.8, 4) is 11.1 Å². The predicted octanol–water partition coefficient (Wildman–Crippen LogP) is 6.78. The number of hydrogen-bond donors (Lipinski definition) is 0. The van der Waals surface area contributed by atoms with E-state index in [9.17, 15) is 0 Å². The van der Waals surface area contributed by atoms with E-state index in [-0.39, 0.29) is 0 Å². The summed E-state index contributed by atoms with van der Waals surface area (Å²) in [6.45, 7) is 15.5. The molecule has 136 valence electrons. The summed E-state index contributed by atoms with van der Waals surface area (Å²) in [4.78, 5) is 9.38. The molecule has 0 N–H and O–H groups in total. The Morgan fingerprint density at radius 2 is 1.52 bits per heavy atom. The Labute approximate surface area is 162 Å². The van der Waals surface area contributed by atoms with Crippen LogP contribution in [0.3, 0.4) is 0 Å². The topological polar surface area (TPSA) is 24.7 Å². The van der Waals surface area contributed by atoms with Gasteiger partial charge in [0.1, 0.15) is 0 Å². The van der Waals surface area contributed by atoms with Crippen LogP contribution in [-0.4, -0.2) is 11.5 Å². The molecular formula is C25H26N2. The summed E-state index contributed by atoms with van der Waals surface area (Å²) >= 11 is 0. The molecule has 0 unspecified atom stereocenters. The second-order valence-corrected chi connectivity index (χ2v) is 6.25. The van der Waals surface area contributed by atoms with E-state index in [1.54, 1.807) is 6.08 Å². The van der Waals surface area contributed by atoms with Crippen LogP contribution in [0.1, 0.15) is 25.8 Å². The van der Waals surface area contributed by atoms with E-state index in [2.05, 4.69) is 49.0 Å². The lowest BCUT2D eigenvalue weighted by atomic mass is 10.0. The quantitative estimate of drug-likeness (QED) is 0.226. The van der Waals surface area contributed by atoms with Crippen molar-refractivity contribution in [3.63, 3.8) is 0 Å². The third-order valence-electron chi connectivity index (χ3n) is 4.05. The van der Waals surface area contributed by atoms with Crippen molar-refractivity contribution in [1.29, 1.82) is 0 Å². The Balaban J connectivity index is 2.42. The van der Waals surface area contributed by atoms with Crippen LogP contribution in [0, 0.1) is 0 Å². The molecule has 0 aliphatic rings. The molecule has 0 spiro atoms. The molecule has 2 aromatic carbocycles. The van der Waals surface area contributed by atoms with Crippen molar-refractivity contribution in [2.45, 2.75) is 20.3 Å². The van der Waals surface area contributed by atoms with E-state index in [0.717, 1.165) is 28.8 Å². The summed E-state index contributed by atoms with van der Waals surface area (Å²) in [6, 6.07) is 18.6. The molecule has 0 bridgehead atoms. The van der Waals surface area contributed by atoms with Crippen molar-refractivity contribution in [2.24, 2.45) is 9.98 Å². The van der Waals surface area contributed by atoms with Gasteiger partial charge in [-0.2, -0.15) is 0 Å². The van der Waals surface area contributed by atoms with Crippen LogP contribution >= 0.6 is 0 Å². The van der Waals surface area contributed by atoms with Gasteiger partial charge in [-0.3, -0.25) is 0 Å². The SMILES string of the molecule is C=C/C=C(\C)C(=C)N=C(N=C(C)CC=C)c1ccc(-c2ccccc2)cc1. The summed E-state index contributed by atoms with van der Waals surface area (Å²) in [5, 5.41) is 0.